The first-order valence-corrected chi connectivity index (χ1v) is 10.4. The molecule has 6 heteroatoms. The summed E-state index contributed by atoms with van der Waals surface area (Å²) in [5.74, 6) is 0.914. The molecular weight excluding hydrogens is 338 g/mol. The predicted molar refractivity (Wildman–Crippen MR) is 113 cm³/mol. The van der Waals surface area contributed by atoms with E-state index in [2.05, 4.69) is 62.7 Å². The Bertz CT molecular complexity index is 515. The van der Waals surface area contributed by atoms with Crippen molar-refractivity contribution in [2.75, 3.05) is 65.6 Å². The second kappa shape index (κ2) is 13.5. The molecule has 0 atom stereocenters. The summed E-state index contributed by atoms with van der Waals surface area (Å²) in [6.07, 6.45) is 0.966. The van der Waals surface area contributed by atoms with Gasteiger partial charge in [-0.15, -0.1) is 0 Å². The van der Waals surface area contributed by atoms with Crippen molar-refractivity contribution in [1.29, 1.82) is 0 Å². The number of nitrogens with zero attached hydrogens (tertiary/aromatic N) is 3. The Labute approximate surface area is 165 Å². The van der Waals surface area contributed by atoms with Crippen molar-refractivity contribution in [1.82, 2.24) is 20.4 Å². The van der Waals surface area contributed by atoms with Crippen LogP contribution in [0.2, 0.25) is 0 Å². The van der Waals surface area contributed by atoms with Crippen LogP contribution >= 0.6 is 0 Å². The third-order valence-electron chi connectivity index (χ3n) is 4.70. The zero-order valence-corrected chi connectivity index (χ0v) is 17.1. The number of benzene rings is 1. The van der Waals surface area contributed by atoms with Gasteiger partial charge in [-0.25, -0.2) is 0 Å². The number of hydrogen-bond acceptors (Lipinski definition) is 4. The van der Waals surface area contributed by atoms with Crippen molar-refractivity contribution < 1.29 is 4.74 Å². The maximum absolute atomic E-state index is 5.36. The van der Waals surface area contributed by atoms with Crippen LogP contribution in [0.4, 0.5) is 0 Å². The lowest BCUT2D eigenvalue weighted by atomic mass is 10.2. The lowest BCUT2D eigenvalue weighted by molar-refractivity contribution is 0.129. The highest BCUT2D eigenvalue weighted by Gasteiger charge is 2.16. The van der Waals surface area contributed by atoms with E-state index in [1.807, 2.05) is 6.92 Å². The topological polar surface area (TPSA) is 52.1 Å². The van der Waals surface area contributed by atoms with Crippen LogP contribution in [0.15, 0.2) is 35.3 Å². The predicted octanol–water partition coefficient (Wildman–Crippen LogP) is 1.79. The van der Waals surface area contributed by atoms with E-state index >= 15 is 0 Å². The molecule has 0 aliphatic carbocycles. The van der Waals surface area contributed by atoms with Gasteiger partial charge in [0.2, 0.25) is 0 Å². The normalized spacial score (nSPS) is 16.4. The minimum absolute atomic E-state index is 0.778. The molecule has 0 aromatic heterocycles. The van der Waals surface area contributed by atoms with Gasteiger partial charge < -0.3 is 15.4 Å². The summed E-state index contributed by atoms with van der Waals surface area (Å²) < 4.78 is 5.36. The molecule has 0 saturated carbocycles. The van der Waals surface area contributed by atoms with E-state index in [1.165, 1.54) is 5.56 Å². The van der Waals surface area contributed by atoms with E-state index in [4.69, 9.17) is 4.74 Å². The number of ether oxygens (including phenoxy) is 1. The molecule has 0 unspecified atom stereocenters. The summed E-state index contributed by atoms with van der Waals surface area (Å²) in [6.45, 7) is 15.0. The second-order valence-corrected chi connectivity index (χ2v) is 6.84. The van der Waals surface area contributed by atoms with Gasteiger partial charge in [0, 0.05) is 72.1 Å². The van der Waals surface area contributed by atoms with Crippen molar-refractivity contribution in [2.45, 2.75) is 26.8 Å². The number of rotatable bonds is 11. The molecule has 0 radical (unpaired) electrons. The largest absolute Gasteiger partial charge is 0.382 e. The molecule has 1 fully saturated rings. The fraction of sp³-hybridized carbons (Fsp3) is 0.667. The second-order valence-electron chi connectivity index (χ2n) is 6.84. The Morgan fingerprint density at radius 1 is 1.04 bits per heavy atom. The van der Waals surface area contributed by atoms with Gasteiger partial charge in [0.25, 0.3) is 0 Å². The fourth-order valence-corrected chi connectivity index (χ4v) is 3.19. The van der Waals surface area contributed by atoms with Crippen LogP contribution in [-0.4, -0.2) is 81.3 Å². The third-order valence-corrected chi connectivity index (χ3v) is 4.70. The van der Waals surface area contributed by atoms with Gasteiger partial charge in [-0.1, -0.05) is 30.3 Å². The van der Waals surface area contributed by atoms with Crippen molar-refractivity contribution >= 4 is 5.96 Å². The van der Waals surface area contributed by atoms with E-state index in [0.717, 1.165) is 84.5 Å². The minimum Gasteiger partial charge on any atom is -0.382 e. The van der Waals surface area contributed by atoms with Gasteiger partial charge in [0.1, 0.15) is 0 Å². The maximum atomic E-state index is 5.36. The minimum atomic E-state index is 0.778. The molecule has 1 heterocycles. The smallest absolute Gasteiger partial charge is 0.191 e. The zero-order chi connectivity index (χ0) is 19.2. The summed E-state index contributed by atoms with van der Waals surface area (Å²) in [4.78, 5) is 9.69. The van der Waals surface area contributed by atoms with E-state index in [0.29, 0.717) is 0 Å². The van der Waals surface area contributed by atoms with Crippen molar-refractivity contribution in [3.63, 3.8) is 0 Å². The van der Waals surface area contributed by atoms with Crippen LogP contribution in [0.3, 0.4) is 0 Å². The Morgan fingerprint density at radius 3 is 2.48 bits per heavy atom. The fourth-order valence-electron chi connectivity index (χ4n) is 3.19. The molecule has 0 spiro atoms. The average molecular weight is 376 g/mol. The summed E-state index contributed by atoms with van der Waals surface area (Å²) in [5, 5.41) is 6.77. The quantitative estimate of drug-likeness (QED) is 0.351. The Hall–Kier alpha value is -1.63. The third kappa shape index (κ3) is 9.22. The summed E-state index contributed by atoms with van der Waals surface area (Å²) >= 11 is 0. The molecule has 1 aromatic carbocycles. The maximum Gasteiger partial charge on any atom is 0.191 e. The standard InChI is InChI=1S/C21H37N5O/c1-3-22-21(23-11-8-18-27-4-2)24-12-13-25-14-16-26(17-15-25)19-20-9-6-5-7-10-20/h5-7,9-10H,3-4,8,11-19H2,1-2H3,(H2,22,23,24). The lowest BCUT2D eigenvalue weighted by Crippen LogP contribution is -2.49. The summed E-state index contributed by atoms with van der Waals surface area (Å²) in [5.41, 5.74) is 1.41. The highest BCUT2D eigenvalue weighted by Crippen LogP contribution is 2.07. The molecule has 152 valence electrons. The highest BCUT2D eigenvalue weighted by molar-refractivity contribution is 5.79. The molecule has 2 rings (SSSR count). The van der Waals surface area contributed by atoms with Crippen molar-refractivity contribution in [2.24, 2.45) is 4.99 Å². The molecule has 1 saturated heterocycles. The molecule has 1 aromatic rings. The van der Waals surface area contributed by atoms with Crippen LogP contribution in [0.5, 0.6) is 0 Å². The first kappa shape index (κ1) is 21.7. The Morgan fingerprint density at radius 2 is 1.78 bits per heavy atom. The Kier molecular flexibility index (Phi) is 10.9. The molecule has 2 N–H and O–H groups in total. The van der Waals surface area contributed by atoms with Crippen LogP contribution in [0.1, 0.15) is 25.8 Å². The SMILES string of the molecule is CCNC(=NCCCOCC)NCCN1CCN(Cc2ccccc2)CC1. The molecule has 6 nitrogen and oxygen atoms in total. The van der Waals surface area contributed by atoms with Gasteiger partial charge >= 0.3 is 0 Å². The van der Waals surface area contributed by atoms with Gasteiger partial charge in [-0.05, 0) is 25.8 Å². The molecule has 1 aliphatic rings. The Balaban J connectivity index is 1.61. The average Bonchev–Trinajstić information content (AvgIpc) is 2.70. The zero-order valence-electron chi connectivity index (χ0n) is 17.1. The van der Waals surface area contributed by atoms with Gasteiger partial charge in [-0.2, -0.15) is 0 Å². The molecule has 1 aliphatic heterocycles. The molecule has 0 amide bonds. The molecule has 0 bridgehead atoms. The summed E-state index contributed by atoms with van der Waals surface area (Å²) in [7, 11) is 0. The van der Waals surface area contributed by atoms with E-state index in [-0.39, 0.29) is 0 Å². The van der Waals surface area contributed by atoms with Crippen molar-refractivity contribution in [3.05, 3.63) is 35.9 Å². The number of guanidine groups is 1. The van der Waals surface area contributed by atoms with Gasteiger partial charge in [0.15, 0.2) is 5.96 Å². The van der Waals surface area contributed by atoms with Crippen molar-refractivity contribution in [3.8, 4) is 0 Å². The van der Waals surface area contributed by atoms with Gasteiger partial charge in [0.05, 0.1) is 0 Å². The summed E-state index contributed by atoms with van der Waals surface area (Å²) in [6, 6.07) is 10.8. The van der Waals surface area contributed by atoms with Crippen LogP contribution < -0.4 is 10.6 Å². The number of hydrogen-bond donors (Lipinski definition) is 2. The van der Waals surface area contributed by atoms with Crippen LogP contribution in [-0.2, 0) is 11.3 Å². The van der Waals surface area contributed by atoms with Gasteiger partial charge in [-0.3, -0.25) is 14.8 Å². The van der Waals surface area contributed by atoms with E-state index in [9.17, 15) is 0 Å². The van der Waals surface area contributed by atoms with Crippen LogP contribution in [0.25, 0.3) is 0 Å². The molecular formula is C21H37N5O. The van der Waals surface area contributed by atoms with E-state index < -0.39 is 0 Å². The number of aliphatic imine (C=N–C) groups is 1. The number of piperazine rings is 1. The first-order valence-electron chi connectivity index (χ1n) is 10.4. The highest BCUT2D eigenvalue weighted by atomic mass is 16.5. The monoisotopic (exact) mass is 375 g/mol. The lowest BCUT2D eigenvalue weighted by Gasteiger charge is -2.34. The first-order chi connectivity index (χ1) is 13.3. The number of nitrogens with one attached hydrogen (secondary N) is 2. The molecule has 27 heavy (non-hydrogen) atoms. The van der Waals surface area contributed by atoms with Crippen LogP contribution in [0, 0.1) is 0 Å². The van der Waals surface area contributed by atoms with E-state index in [1.54, 1.807) is 0 Å².